The second kappa shape index (κ2) is 6.68. The summed E-state index contributed by atoms with van der Waals surface area (Å²) in [7, 11) is 2.01. The van der Waals surface area contributed by atoms with Crippen molar-refractivity contribution in [2.45, 2.75) is 44.9 Å². The van der Waals surface area contributed by atoms with Crippen molar-refractivity contribution in [2.75, 3.05) is 20.1 Å². The van der Waals surface area contributed by atoms with Gasteiger partial charge in [-0.15, -0.1) is 0 Å². The maximum Gasteiger partial charge on any atom is 0.436 e. The van der Waals surface area contributed by atoms with Gasteiger partial charge in [0.25, 0.3) is 0 Å². The molecule has 130 valence electrons. The van der Waals surface area contributed by atoms with E-state index in [1.165, 1.54) is 13.8 Å². The lowest BCUT2D eigenvalue weighted by Gasteiger charge is -2.30. The summed E-state index contributed by atoms with van der Waals surface area (Å²) >= 11 is 5.71. The fourth-order valence-corrected chi connectivity index (χ4v) is 2.87. The van der Waals surface area contributed by atoms with Crippen LogP contribution in [0.3, 0.4) is 0 Å². The molecule has 0 aliphatic carbocycles. The van der Waals surface area contributed by atoms with E-state index in [4.69, 9.17) is 11.6 Å². The van der Waals surface area contributed by atoms with E-state index in [0.717, 1.165) is 30.6 Å². The Morgan fingerprint density at radius 3 is 2.43 bits per heavy atom. The number of carbonyl (C=O) groups is 1. The third-order valence-corrected chi connectivity index (χ3v) is 4.61. The summed E-state index contributed by atoms with van der Waals surface area (Å²) in [5, 5.41) is 5.92. The van der Waals surface area contributed by atoms with E-state index in [9.17, 15) is 18.0 Å². The van der Waals surface area contributed by atoms with Gasteiger partial charge in [-0.3, -0.25) is 9.48 Å². The maximum atomic E-state index is 12.9. The first-order chi connectivity index (χ1) is 10.6. The van der Waals surface area contributed by atoms with Gasteiger partial charge in [0.1, 0.15) is 6.04 Å². The van der Waals surface area contributed by atoms with Gasteiger partial charge in [0.05, 0.1) is 10.7 Å². The lowest BCUT2D eigenvalue weighted by molar-refractivity contribution is -0.141. The van der Waals surface area contributed by atoms with E-state index < -0.39 is 22.9 Å². The number of piperidine rings is 1. The van der Waals surface area contributed by atoms with Gasteiger partial charge in [0.2, 0.25) is 5.91 Å². The monoisotopic (exact) mass is 352 g/mol. The average Bonchev–Trinajstić information content (AvgIpc) is 2.77. The smallest absolute Gasteiger partial charge is 0.351 e. The van der Waals surface area contributed by atoms with Crippen LogP contribution in [-0.4, -0.2) is 46.8 Å². The first-order valence-electron chi connectivity index (χ1n) is 7.42. The minimum Gasteiger partial charge on any atom is -0.351 e. The standard InChI is InChI=1S/C14H20ClF3N4O/c1-8-11(15)12(14(16,17)18)20-22(8)9(2)13(23)19-10-4-6-21(3)7-5-10/h9-10H,4-7H2,1-3H3,(H,19,23)/t9-/m0/s1. The number of aromatic nitrogens is 2. The van der Waals surface area contributed by atoms with Crippen LogP contribution in [0.2, 0.25) is 5.02 Å². The lowest BCUT2D eigenvalue weighted by atomic mass is 10.1. The number of hydrogen-bond donors (Lipinski definition) is 1. The van der Waals surface area contributed by atoms with Gasteiger partial charge < -0.3 is 10.2 Å². The summed E-state index contributed by atoms with van der Waals surface area (Å²) in [6.07, 6.45) is -3.00. The van der Waals surface area contributed by atoms with Gasteiger partial charge in [0, 0.05) is 6.04 Å². The van der Waals surface area contributed by atoms with Crippen molar-refractivity contribution in [3.8, 4) is 0 Å². The van der Waals surface area contributed by atoms with Crippen LogP contribution in [0.15, 0.2) is 0 Å². The van der Waals surface area contributed by atoms with Gasteiger partial charge >= 0.3 is 6.18 Å². The Kier molecular flexibility index (Phi) is 5.25. The Hall–Kier alpha value is -1.28. The molecular formula is C14H20ClF3N4O. The molecule has 5 nitrogen and oxygen atoms in total. The Bertz CT molecular complexity index is 579. The van der Waals surface area contributed by atoms with Crippen molar-refractivity contribution in [2.24, 2.45) is 0 Å². The van der Waals surface area contributed by atoms with Crippen LogP contribution in [0.25, 0.3) is 0 Å². The molecule has 2 heterocycles. The molecule has 0 unspecified atom stereocenters. The molecule has 0 aromatic carbocycles. The normalized spacial score (nSPS) is 18.9. The van der Waals surface area contributed by atoms with Crippen LogP contribution in [0, 0.1) is 6.92 Å². The Morgan fingerprint density at radius 2 is 1.96 bits per heavy atom. The highest BCUT2D eigenvalue weighted by molar-refractivity contribution is 6.32. The first kappa shape index (κ1) is 18.1. The van der Waals surface area contributed by atoms with E-state index in [1.807, 2.05) is 7.05 Å². The third-order valence-electron chi connectivity index (χ3n) is 4.16. The van der Waals surface area contributed by atoms with E-state index in [2.05, 4.69) is 15.3 Å². The quantitative estimate of drug-likeness (QED) is 0.909. The number of nitrogens with zero attached hydrogens (tertiary/aromatic N) is 3. The SMILES string of the molecule is Cc1c(Cl)c(C(F)(F)F)nn1[C@@H](C)C(=O)NC1CCN(C)CC1. The molecule has 1 amide bonds. The summed E-state index contributed by atoms with van der Waals surface area (Å²) in [5.41, 5.74) is -1.03. The topological polar surface area (TPSA) is 50.2 Å². The van der Waals surface area contributed by atoms with Gasteiger partial charge in [-0.05, 0) is 46.8 Å². The number of halogens is 4. The molecule has 0 bridgehead atoms. The van der Waals surface area contributed by atoms with Crippen LogP contribution < -0.4 is 5.32 Å². The molecule has 0 spiro atoms. The fraction of sp³-hybridized carbons (Fsp3) is 0.714. The Morgan fingerprint density at radius 1 is 1.39 bits per heavy atom. The molecule has 9 heteroatoms. The van der Waals surface area contributed by atoms with E-state index in [0.29, 0.717) is 0 Å². The minimum absolute atomic E-state index is 0.0366. The zero-order valence-electron chi connectivity index (χ0n) is 13.2. The number of nitrogens with one attached hydrogen (secondary N) is 1. The van der Waals surface area contributed by atoms with Crippen molar-refractivity contribution in [1.82, 2.24) is 20.0 Å². The summed E-state index contributed by atoms with van der Waals surface area (Å²) in [6.45, 7) is 4.69. The van der Waals surface area contributed by atoms with Gasteiger partial charge in [-0.2, -0.15) is 18.3 Å². The van der Waals surface area contributed by atoms with Crippen molar-refractivity contribution in [1.29, 1.82) is 0 Å². The third kappa shape index (κ3) is 3.98. The highest BCUT2D eigenvalue weighted by Gasteiger charge is 2.39. The van der Waals surface area contributed by atoms with Gasteiger partial charge in [-0.25, -0.2) is 0 Å². The molecule has 1 aliphatic heterocycles. The summed E-state index contributed by atoms with van der Waals surface area (Å²) in [5.74, 6) is -0.351. The van der Waals surface area contributed by atoms with E-state index in [-0.39, 0.29) is 17.6 Å². The largest absolute Gasteiger partial charge is 0.436 e. The van der Waals surface area contributed by atoms with Crippen LogP contribution in [0.5, 0.6) is 0 Å². The van der Waals surface area contributed by atoms with Crippen molar-refractivity contribution < 1.29 is 18.0 Å². The van der Waals surface area contributed by atoms with Crippen molar-refractivity contribution in [3.63, 3.8) is 0 Å². The number of likely N-dealkylation sites (tertiary alicyclic amines) is 1. The Balaban J connectivity index is 2.11. The minimum atomic E-state index is -4.64. The molecule has 1 fully saturated rings. The van der Waals surface area contributed by atoms with Crippen molar-refractivity contribution >= 4 is 17.5 Å². The molecule has 23 heavy (non-hydrogen) atoms. The number of hydrogen-bond acceptors (Lipinski definition) is 3. The highest BCUT2D eigenvalue weighted by Crippen LogP contribution is 2.36. The number of rotatable bonds is 3. The number of alkyl halides is 3. The van der Waals surface area contributed by atoms with Crippen LogP contribution in [0.1, 0.15) is 37.2 Å². The van der Waals surface area contributed by atoms with E-state index >= 15 is 0 Å². The highest BCUT2D eigenvalue weighted by atomic mass is 35.5. The molecule has 1 aliphatic rings. The Labute approximate surface area is 137 Å². The molecule has 0 saturated carbocycles. The molecule has 1 atom stereocenters. The average molecular weight is 353 g/mol. The lowest BCUT2D eigenvalue weighted by Crippen LogP contribution is -2.45. The van der Waals surface area contributed by atoms with Crippen LogP contribution in [-0.2, 0) is 11.0 Å². The van der Waals surface area contributed by atoms with Crippen molar-refractivity contribution in [3.05, 3.63) is 16.4 Å². The molecule has 1 saturated heterocycles. The molecular weight excluding hydrogens is 333 g/mol. The second-order valence-corrected chi connectivity index (χ2v) is 6.33. The number of carbonyl (C=O) groups excluding carboxylic acids is 1. The van der Waals surface area contributed by atoms with Crippen LogP contribution in [0.4, 0.5) is 13.2 Å². The summed E-state index contributed by atoms with van der Waals surface area (Å²) in [6, 6.07) is -0.821. The van der Waals surface area contributed by atoms with Gasteiger partial charge in [0.15, 0.2) is 5.69 Å². The second-order valence-electron chi connectivity index (χ2n) is 5.95. The summed E-state index contributed by atoms with van der Waals surface area (Å²) in [4.78, 5) is 14.5. The molecule has 0 radical (unpaired) electrons. The molecule has 1 N–H and O–H groups in total. The zero-order valence-corrected chi connectivity index (χ0v) is 14.0. The maximum absolute atomic E-state index is 12.9. The fourth-order valence-electron chi connectivity index (χ4n) is 2.64. The molecule has 2 rings (SSSR count). The molecule has 1 aromatic rings. The van der Waals surface area contributed by atoms with Gasteiger partial charge in [-0.1, -0.05) is 11.6 Å². The summed E-state index contributed by atoms with van der Waals surface area (Å²) < 4.78 is 39.6. The predicted molar refractivity (Wildman–Crippen MR) is 80.3 cm³/mol. The predicted octanol–water partition coefficient (Wildman–Crippen LogP) is 2.64. The van der Waals surface area contributed by atoms with Crippen LogP contribution >= 0.6 is 11.6 Å². The number of amides is 1. The van der Waals surface area contributed by atoms with E-state index in [1.54, 1.807) is 0 Å². The zero-order chi connectivity index (χ0) is 17.4. The molecule has 1 aromatic heterocycles. The first-order valence-corrected chi connectivity index (χ1v) is 7.79.